The van der Waals surface area contributed by atoms with Crippen LogP contribution in [0.25, 0.3) is 0 Å². The lowest BCUT2D eigenvalue weighted by molar-refractivity contribution is -0.139. The van der Waals surface area contributed by atoms with Crippen molar-refractivity contribution in [3.63, 3.8) is 0 Å². The highest BCUT2D eigenvalue weighted by Gasteiger charge is 2.30. The van der Waals surface area contributed by atoms with Gasteiger partial charge < -0.3 is 14.5 Å². The van der Waals surface area contributed by atoms with Gasteiger partial charge in [-0.1, -0.05) is 0 Å². The highest BCUT2D eigenvalue weighted by Crippen LogP contribution is 2.22. The largest absolute Gasteiger partial charge is 0.378 e. The molecule has 0 N–H and O–H groups in total. The Morgan fingerprint density at radius 1 is 1.24 bits per heavy atom. The number of hydrogen-bond donors (Lipinski definition) is 0. The molecule has 7 heteroatoms. The Morgan fingerprint density at radius 2 is 1.95 bits per heavy atom. The summed E-state index contributed by atoms with van der Waals surface area (Å²) in [7, 11) is 0. The standard InChI is InChI=1S/C14H19FN4O2/c15-12-8-16-14(17-9-12)19-3-1-2-11(10-19)13(20)18-4-6-21-7-5-18/h8-9,11H,1-7,10H2. The molecular weight excluding hydrogens is 275 g/mol. The van der Waals surface area contributed by atoms with Crippen molar-refractivity contribution in [2.24, 2.45) is 5.92 Å². The average molecular weight is 294 g/mol. The van der Waals surface area contributed by atoms with Crippen LogP contribution in [0.5, 0.6) is 0 Å². The van der Waals surface area contributed by atoms with Crippen LogP contribution in [0.15, 0.2) is 12.4 Å². The lowest BCUT2D eigenvalue weighted by atomic mass is 9.96. The molecule has 0 spiro atoms. The average Bonchev–Trinajstić information content (AvgIpc) is 2.56. The highest BCUT2D eigenvalue weighted by atomic mass is 19.1. The number of anilines is 1. The summed E-state index contributed by atoms with van der Waals surface area (Å²) in [5.41, 5.74) is 0. The van der Waals surface area contributed by atoms with Crippen LogP contribution in [-0.2, 0) is 9.53 Å². The van der Waals surface area contributed by atoms with Crippen LogP contribution in [0, 0.1) is 11.7 Å². The quantitative estimate of drug-likeness (QED) is 0.803. The van der Waals surface area contributed by atoms with Gasteiger partial charge in [-0.05, 0) is 12.8 Å². The molecule has 3 heterocycles. The molecule has 1 aromatic heterocycles. The van der Waals surface area contributed by atoms with Gasteiger partial charge in [-0.3, -0.25) is 4.79 Å². The molecule has 0 bridgehead atoms. The second-order valence-corrected chi connectivity index (χ2v) is 5.42. The minimum atomic E-state index is -0.447. The fourth-order valence-electron chi connectivity index (χ4n) is 2.87. The minimum absolute atomic E-state index is 0.0366. The van der Waals surface area contributed by atoms with Gasteiger partial charge in [0.2, 0.25) is 11.9 Å². The summed E-state index contributed by atoms with van der Waals surface area (Å²) < 4.78 is 18.2. The van der Waals surface area contributed by atoms with Crippen LogP contribution in [0.1, 0.15) is 12.8 Å². The number of carbonyl (C=O) groups is 1. The zero-order valence-electron chi connectivity index (χ0n) is 11.9. The summed E-state index contributed by atoms with van der Waals surface area (Å²) in [4.78, 5) is 24.4. The maximum atomic E-state index is 12.9. The third-order valence-electron chi connectivity index (χ3n) is 3.98. The Morgan fingerprint density at radius 3 is 2.67 bits per heavy atom. The Kier molecular flexibility index (Phi) is 4.28. The Bertz CT molecular complexity index is 490. The van der Waals surface area contributed by atoms with Crippen LogP contribution in [0.4, 0.5) is 10.3 Å². The van der Waals surface area contributed by atoms with E-state index in [-0.39, 0.29) is 11.8 Å². The van der Waals surface area contributed by atoms with E-state index in [4.69, 9.17) is 4.74 Å². The van der Waals surface area contributed by atoms with Gasteiger partial charge in [-0.15, -0.1) is 0 Å². The monoisotopic (exact) mass is 294 g/mol. The summed E-state index contributed by atoms with van der Waals surface area (Å²) in [6.07, 6.45) is 4.13. The third-order valence-corrected chi connectivity index (χ3v) is 3.98. The van der Waals surface area contributed by atoms with E-state index in [1.807, 2.05) is 9.80 Å². The van der Waals surface area contributed by atoms with Crippen molar-refractivity contribution in [2.45, 2.75) is 12.8 Å². The van der Waals surface area contributed by atoms with Crippen molar-refractivity contribution < 1.29 is 13.9 Å². The number of carbonyl (C=O) groups excluding carboxylic acids is 1. The predicted molar refractivity (Wildman–Crippen MR) is 74.3 cm³/mol. The van der Waals surface area contributed by atoms with E-state index in [0.717, 1.165) is 31.8 Å². The molecule has 2 saturated heterocycles. The zero-order valence-corrected chi connectivity index (χ0v) is 11.9. The van der Waals surface area contributed by atoms with Gasteiger partial charge >= 0.3 is 0 Å². The first-order valence-corrected chi connectivity index (χ1v) is 7.33. The van der Waals surface area contributed by atoms with Crippen LogP contribution in [-0.4, -0.2) is 60.2 Å². The number of hydrogen-bond acceptors (Lipinski definition) is 5. The van der Waals surface area contributed by atoms with E-state index in [2.05, 4.69) is 9.97 Å². The summed E-state index contributed by atoms with van der Waals surface area (Å²) in [5, 5.41) is 0. The number of rotatable bonds is 2. The summed E-state index contributed by atoms with van der Waals surface area (Å²) in [5.74, 6) is 0.197. The number of halogens is 1. The summed E-state index contributed by atoms with van der Waals surface area (Å²) >= 11 is 0. The molecular formula is C14H19FN4O2. The first-order valence-electron chi connectivity index (χ1n) is 7.33. The Balaban J connectivity index is 1.64. The van der Waals surface area contributed by atoms with Crippen LogP contribution >= 0.6 is 0 Å². The molecule has 1 amide bonds. The maximum Gasteiger partial charge on any atom is 0.227 e. The third kappa shape index (κ3) is 3.29. The molecule has 0 saturated carbocycles. The van der Waals surface area contributed by atoms with E-state index in [1.54, 1.807) is 0 Å². The van der Waals surface area contributed by atoms with Crippen molar-refractivity contribution in [2.75, 3.05) is 44.3 Å². The number of aromatic nitrogens is 2. The predicted octanol–water partition coefficient (Wildman–Crippen LogP) is 0.691. The number of morpholine rings is 1. The van der Waals surface area contributed by atoms with E-state index < -0.39 is 5.82 Å². The van der Waals surface area contributed by atoms with Crippen molar-refractivity contribution in [1.82, 2.24) is 14.9 Å². The van der Waals surface area contributed by atoms with Gasteiger partial charge in [-0.25, -0.2) is 14.4 Å². The fourth-order valence-corrected chi connectivity index (χ4v) is 2.87. The SMILES string of the molecule is O=C(C1CCCN(c2ncc(F)cn2)C1)N1CCOCC1. The normalized spacial score (nSPS) is 23.2. The lowest BCUT2D eigenvalue weighted by Gasteiger charge is -2.36. The van der Waals surface area contributed by atoms with Crippen molar-refractivity contribution >= 4 is 11.9 Å². The van der Waals surface area contributed by atoms with Crippen molar-refractivity contribution in [1.29, 1.82) is 0 Å². The number of piperidine rings is 1. The van der Waals surface area contributed by atoms with Gasteiger partial charge in [0.25, 0.3) is 0 Å². The Hall–Kier alpha value is -1.76. The molecule has 3 rings (SSSR count). The topological polar surface area (TPSA) is 58.6 Å². The molecule has 0 aromatic carbocycles. The second-order valence-electron chi connectivity index (χ2n) is 5.42. The molecule has 2 aliphatic rings. The van der Waals surface area contributed by atoms with E-state index in [0.29, 0.717) is 38.8 Å². The first-order chi connectivity index (χ1) is 10.2. The van der Waals surface area contributed by atoms with Crippen molar-refractivity contribution in [3.8, 4) is 0 Å². The van der Waals surface area contributed by atoms with E-state index in [9.17, 15) is 9.18 Å². The number of amides is 1. The van der Waals surface area contributed by atoms with Crippen LogP contribution in [0.3, 0.4) is 0 Å². The van der Waals surface area contributed by atoms with Gasteiger partial charge in [0.1, 0.15) is 0 Å². The van der Waals surface area contributed by atoms with Gasteiger partial charge in [-0.2, -0.15) is 0 Å². The molecule has 6 nitrogen and oxygen atoms in total. The molecule has 0 radical (unpaired) electrons. The van der Waals surface area contributed by atoms with Crippen molar-refractivity contribution in [3.05, 3.63) is 18.2 Å². The fraction of sp³-hybridized carbons (Fsp3) is 0.643. The molecule has 1 unspecified atom stereocenters. The highest BCUT2D eigenvalue weighted by molar-refractivity contribution is 5.79. The Labute approximate surface area is 122 Å². The van der Waals surface area contributed by atoms with Gasteiger partial charge in [0.15, 0.2) is 5.82 Å². The molecule has 1 atom stereocenters. The molecule has 2 fully saturated rings. The minimum Gasteiger partial charge on any atom is -0.378 e. The maximum absolute atomic E-state index is 12.9. The number of ether oxygens (including phenoxy) is 1. The molecule has 21 heavy (non-hydrogen) atoms. The molecule has 114 valence electrons. The summed E-state index contributed by atoms with van der Waals surface area (Å²) in [6.45, 7) is 3.97. The molecule has 0 aliphatic carbocycles. The molecule has 2 aliphatic heterocycles. The van der Waals surface area contributed by atoms with Crippen LogP contribution < -0.4 is 4.90 Å². The van der Waals surface area contributed by atoms with E-state index >= 15 is 0 Å². The smallest absolute Gasteiger partial charge is 0.227 e. The lowest BCUT2D eigenvalue weighted by Crippen LogP contribution is -2.48. The zero-order chi connectivity index (χ0) is 14.7. The number of nitrogens with zero attached hydrogens (tertiary/aromatic N) is 4. The van der Waals surface area contributed by atoms with Gasteiger partial charge in [0.05, 0.1) is 31.5 Å². The van der Waals surface area contributed by atoms with Gasteiger partial charge in [0, 0.05) is 26.2 Å². The first kappa shape index (κ1) is 14.2. The molecule has 1 aromatic rings. The van der Waals surface area contributed by atoms with E-state index in [1.165, 1.54) is 0 Å². The summed E-state index contributed by atoms with van der Waals surface area (Å²) in [6, 6.07) is 0. The second kappa shape index (κ2) is 6.34. The van der Waals surface area contributed by atoms with Crippen LogP contribution in [0.2, 0.25) is 0 Å².